The fraction of sp³-hybridized carbons (Fsp3) is 0.500. The Labute approximate surface area is 158 Å². The van der Waals surface area contributed by atoms with Crippen molar-refractivity contribution in [3.63, 3.8) is 0 Å². The summed E-state index contributed by atoms with van der Waals surface area (Å²) in [5.74, 6) is -0.170. The Morgan fingerprint density at radius 2 is 1.60 bits per heavy atom. The second kappa shape index (κ2) is 10.6. The van der Waals surface area contributed by atoms with Gasteiger partial charge in [0.2, 0.25) is 0 Å². The molecule has 140 valence electrons. The van der Waals surface area contributed by atoms with Crippen molar-refractivity contribution in [2.45, 2.75) is 67.7 Å². The average molecular weight is 366 g/mol. The predicted molar refractivity (Wildman–Crippen MR) is 112 cm³/mol. The second-order valence-electron chi connectivity index (χ2n) is 6.67. The number of halogens is 2. The van der Waals surface area contributed by atoms with Gasteiger partial charge in [0.25, 0.3) is 0 Å². The van der Waals surface area contributed by atoms with Crippen molar-refractivity contribution < 1.29 is 4.39 Å². The molecule has 0 amide bonds. The van der Waals surface area contributed by atoms with E-state index in [2.05, 4.69) is 32.0 Å². The summed E-state index contributed by atoms with van der Waals surface area (Å²) in [4.78, 5) is 3.96. The molecule has 0 saturated heterocycles. The van der Waals surface area contributed by atoms with Gasteiger partial charge in [-0.2, -0.15) is 0 Å². The Bertz CT molecular complexity index is 628. The molecule has 0 fully saturated rings. The van der Waals surface area contributed by atoms with Crippen molar-refractivity contribution in [1.82, 2.24) is 0 Å². The van der Waals surface area contributed by atoms with Crippen molar-refractivity contribution in [1.29, 1.82) is 0 Å². The van der Waals surface area contributed by atoms with E-state index in [0.29, 0.717) is 12.0 Å². The molecule has 0 spiro atoms. The molecule has 0 saturated carbocycles. The van der Waals surface area contributed by atoms with E-state index >= 15 is 0 Å². The van der Waals surface area contributed by atoms with E-state index in [1.807, 2.05) is 34.6 Å². The number of hydrogen-bond donors (Lipinski definition) is 0. The molecule has 0 atom stereocenters. The van der Waals surface area contributed by atoms with E-state index in [1.54, 1.807) is 12.3 Å². The van der Waals surface area contributed by atoms with Gasteiger partial charge in [0.1, 0.15) is 11.0 Å². The summed E-state index contributed by atoms with van der Waals surface area (Å²) in [7, 11) is 0. The lowest BCUT2D eigenvalue weighted by Crippen LogP contribution is -2.22. The fourth-order valence-corrected chi connectivity index (χ4v) is 3.12. The highest BCUT2D eigenvalue weighted by Gasteiger charge is 2.30. The van der Waals surface area contributed by atoms with Crippen LogP contribution in [-0.2, 0) is 0 Å². The molecule has 0 aliphatic rings. The van der Waals surface area contributed by atoms with Gasteiger partial charge in [-0.05, 0) is 71.1 Å². The highest BCUT2D eigenvalue weighted by molar-refractivity contribution is 6.29. The van der Waals surface area contributed by atoms with E-state index in [4.69, 9.17) is 11.6 Å². The van der Waals surface area contributed by atoms with Crippen molar-refractivity contribution in [2.24, 2.45) is 10.4 Å². The molecule has 0 rings (SSSR count). The van der Waals surface area contributed by atoms with Gasteiger partial charge < -0.3 is 0 Å². The minimum absolute atomic E-state index is 0.135. The van der Waals surface area contributed by atoms with Crippen LogP contribution in [0.3, 0.4) is 0 Å². The Balaban J connectivity index is 5.61. The van der Waals surface area contributed by atoms with Gasteiger partial charge in [0.05, 0.1) is 0 Å². The molecule has 0 aliphatic carbocycles. The van der Waals surface area contributed by atoms with Crippen LogP contribution in [0.1, 0.15) is 67.7 Å². The molecule has 25 heavy (non-hydrogen) atoms. The SMILES string of the molecule is C=C(Cl)N=C/C(C)=C(\C)C/C=C(F)\C(C)=C(/C)C(CC)(CC)C(=C)C. The van der Waals surface area contributed by atoms with Gasteiger partial charge in [-0.1, -0.05) is 55.3 Å². The number of hydrogen-bond acceptors (Lipinski definition) is 1. The van der Waals surface area contributed by atoms with Gasteiger partial charge >= 0.3 is 0 Å². The van der Waals surface area contributed by atoms with Crippen LogP contribution in [0.15, 0.2) is 63.1 Å². The molecule has 0 aliphatic heterocycles. The van der Waals surface area contributed by atoms with Gasteiger partial charge in [-0.15, -0.1) is 0 Å². The topological polar surface area (TPSA) is 12.4 Å². The summed E-state index contributed by atoms with van der Waals surface area (Å²) < 4.78 is 14.7. The average Bonchev–Trinajstić information content (AvgIpc) is 2.57. The van der Waals surface area contributed by atoms with Crippen molar-refractivity contribution in [3.05, 3.63) is 58.1 Å². The molecule has 0 aromatic carbocycles. The maximum absolute atomic E-state index is 14.7. The standard InChI is InChI=1S/C22H33ClFN/c1-10-22(11-2,15(3)4)19(8)18(7)21(24)13-12-16(5)17(6)14-25-20(9)23/h13-14H,3,9-12H2,1-2,4-8H3/b17-16+,19-18+,21-13+,25-14?. The zero-order valence-corrected chi connectivity index (χ0v) is 17.6. The molecule has 0 N–H and O–H groups in total. The minimum Gasteiger partial charge on any atom is -0.245 e. The molecular weight excluding hydrogens is 333 g/mol. The molecule has 0 bridgehead atoms. The van der Waals surface area contributed by atoms with Gasteiger partial charge in [0.15, 0.2) is 0 Å². The third kappa shape index (κ3) is 6.43. The van der Waals surface area contributed by atoms with Crippen LogP contribution in [0.2, 0.25) is 0 Å². The molecule has 0 radical (unpaired) electrons. The Kier molecular flexibility index (Phi) is 9.96. The molecular formula is C22H33ClFN. The number of aliphatic imine (C=N–C) groups is 1. The summed E-state index contributed by atoms with van der Waals surface area (Å²) in [5, 5.41) is 0.235. The lowest BCUT2D eigenvalue weighted by Gasteiger charge is -2.35. The van der Waals surface area contributed by atoms with E-state index in [0.717, 1.165) is 35.1 Å². The Morgan fingerprint density at radius 3 is 2.00 bits per heavy atom. The third-order valence-electron chi connectivity index (χ3n) is 5.32. The normalized spacial score (nSPS) is 15.2. The summed E-state index contributed by atoms with van der Waals surface area (Å²) in [6.45, 7) is 21.7. The highest BCUT2D eigenvalue weighted by atomic mass is 35.5. The molecule has 0 aromatic rings. The van der Waals surface area contributed by atoms with Crippen LogP contribution in [-0.4, -0.2) is 6.21 Å². The van der Waals surface area contributed by atoms with Crippen molar-refractivity contribution in [3.8, 4) is 0 Å². The zero-order chi connectivity index (χ0) is 19.8. The maximum Gasteiger partial charge on any atom is 0.122 e. The van der Waals surface area contributed by atoms with Crippen molar-refractivity contribution in [2.75, 3.05) is 0 Å². The minimum atomic E-state index is -0.170. The first-order chi connectivity index (χ1) is 11.5. The first-order valence-corrected chi connectivity index (χ1v) is 9.16. The molecule has 3 heteroatoms. The smallest absolute Gasteiger partial charge is 0.122 e. The quantitative estimate of drug-likeness (QED) is 0.169. The molecule has 0 aromatic heterocycles. The zero-order valence-electron chi connectivity index (χ0n) is 16.9. The molecule has 0 heterocycles. The predicted octanol–water partition coefficient (Wildman–Crippen LogP) is 8.07. The lowest BCUT2D eigenvalue weighted by atomic mass is 9.69. The molecule has 0 unspecified atom stereocenters. The summed E-state index contributed by atoms with van der Waals surface area (Å²) in [6.07, 6.45) is 5.67. The van der Waals surface area contributed by atoms with Crippen LogP contribution in [0, 0.1) is 5.41 Å². The number of nitrogens with zero attached hydrogens (tertiary/aromatic N) is 1. The first-order valence-electron chi connectivity index (χ1n) is 8.78. The first kappa shape index (κ1) is 23.6. The van der Waals surface area contributed by atoms with Crippen LogP contribution < -0.4 is 0 Å². The maximum atomic E-state index is 14.7. The van der Waals surface area contributed by atoms with Crippen molar-refractivity contribution >= 4 is 17.8 Å². The van der Waals surface area contributed by atoms with Gasteiger partial charge in [-0.3, -0.25) is 0 Å². The monoisotopic (exact) mass is 365 g/mol. The van der Waals surface area contributed by atoms with E-state index in [9.17, 15) is 4.39 Å². The van der Waals surface area contributed by atoms with Crippen LogP contribution in [0.25, 0.3) is 0 Å². The third-order valence-corrected chi connectivity index (χ3v) is 5.42. The molecule has 1 nitrogen and oxygen atoms in total. The Hall–Kier alpha value is -1.41. The van der Waals surface area contributed by atoms with Crippen LogP contribution in [0.4, 0.5) is 4.39 Å². The van der Waals surface area contributed by atoms with Gasteiger partial charge in [0, 0.05) is 11.6 Å². The summed E-state index contributed by atoms with van der Waals surface area (Å²) in [5.41, 5.74) is 4.73. The van der Waals surface area contributed by atoms with E-state index in [-0.39, 0.29) is 16.4 Å². The largest absolute Gasteiger partial charge is 0.245 e. The number of rotatable bonds is 9. The Morgan fingerprint density at radius 1 is 1.08 bits per heavy atom. The van der Waals surface area contributed by atoms with Crippen LogP contribution >= 0.6 is 11.6 Å². The van der Waals surface area contributed by atoms with E-state index < -0.39 is 0 Å². The second-order valence-corrected chi connectivity index (χ2v) is 7.11. The van der Waals surface area contributed by atoms with Gasteiger partial charge in [-0.25, -0.2) is 9.38 Å². The summed E-state index contributed by atoms with van der Waals surface area (Å²) >= 11 is 5.63. The highest BCUT2D eigenvalue weighted by Crippen LogP contribution is 2.43. The van der Waals surface area contributed by atoms with Crippen LogP contribution in [0.5, 0.6) is 0 Å². The fourth-order valence-electron chi connectivity index (χ4n) is 3.08. The number of allylic oxidation sites excluding steroid dienone is 7. The summed E-state index contributed by atoms with van der Waals surface area (Å²) in [6, 6.07) is 0. The lowest BCUT2D eigenvalue weighted by molar-refractivity contribution is 0.393. The van der Waals surface area contributed by atoms with E-state index in [1.165, 1.54) is 0 Å².